The van der Waals surface area contributed by atoms with Gasteiger partial charge in [-0.15, -0.1) is 11.7 Å². The summed E-state index contributed by atoms with van der Waals surface area (Å²) >= 11 is 0. The van der Waals surface area contributed by atoms with Crippen molar-refractivity contribution in [2.45, 2.75) is 32.6 Å². The first kappa shape index (κ1) is 18.5. The number of ether oxygens (including phenoxy) is 1. The molecule has 7 nitrogen and oxygen atoms in total. The molecule has 27 heavy (non-hydrogen) atoms. The Balaban J connectivity index is 2.09. The molecule has 0 amide bonds. The van der Waals surface area contributed by atoms with E-state index in [0.29, 0.717) is 16.7 Å². The molecule has 0 aliphatic heterocycles. The Bertz CT molecular complexity index is 1020. The quantitative estimate of drug-likeness (QED) is 0.831. The van der Waals surface area contributed by atoms with Gasteiger partial charge in [-0.05, 0) is 32.0 Å². The molecule has 2 atom stereocenters. The Kier molecular flexibility index (Phi) is 4.68. The van der Waals surface area contributed by atoms with Crippen molar-refractivity contribution in [3.8, 4) is 11.9 Å². The van der Waals surface area contributed by atoms with E-state index in [9.17, 15) is 20.0 Å². The van der Waals surface area contributed by atoms with Gasteiger partial charge in [-0.1, -0.05) is 6.08 Å². The van der Waals surface area contributed by atoms with Crippen LogP contribution in [-0.4, -0.2) is 26.8 Å². The van der Waals surface area contributed by atoms with Crippen LogP contribution in [0.15, 0.2) is 47.8 Å². The van der Waals surface area contributed by atoms with E-state index in [1.165, 1.54) is 29.0 Å². The van der Waals surface area contributed by atoms with Crippen molar-refractivity contribution in [2.24, 2.45) is 5.41 Å². The van der Waals surface area contributed by atoms with Crippen LogP contribution in [0.3, 0.4) is 0 Å². The minimum Gasteiger partial charge on any atom is -0.466 e. The van der Waals surface area contributed by atoms with E-state index in [1.807, 2.05) is 6.07 Å². The number of aliphatic hydroxyl groups excluding tert-OH is 1. The Morgan fingerprint density at radius 1 is 1.37 bits per heavy atom. The van der Waals surface area contributed by atoms with E-state index in [0.717, 1.165) is 0 Å². The van der Waals surface area contributed by atoms with Crippen LogP contribution in [0.1, 0.15) is 41.4 Å². The number of ketones is 1. The SMILES string of the molecule is C=CCn1nc(O[C@@H]2c3cc(C#N)ccc3C(=O)C(C)(C)[C@H]2O)ccc1=O. The molecule has 0 radical (unpaired) electrons. The Labute approximate surface area is 156 Å². The van der Waals surface area contributed by atoms with Gasteiger partial charge in [-0.3, -0.25) is 9.59 Å². The summed E-state index contributed by atoms with van der Waals surface area (Å²) in [6.07, 6.45) is -0.541. The molecule has 0 saturated carbocycles. The fraction of sp³-hybridized carbons (Fsp3) is 0.300. The van der Waals surface area contributed by atoms with E-state index in [-0.39, 0.29) is 23.8 Å². The third kappa shape index (κ3) is 3.15. The second-order valence-corrected chi connectivity index (χ2v) is 6.93. The second-order valence-electron chi connectivity index (χ2n) is 6.93. The van der Waals surface area contributed by atoms with Gasteiger partial charge in [-0.2, -0.15) is 5.26 Å². The number of benzene rings is 1. The fourth-order valence-electron chi connectivity index (χ4n) is 3.11. The van der Waals surface area contributed by atoms with Crippen molar-refractivity contribution in [1.82, 2.24) is 9.78 Å². The Morgan fingerprint density at radius 2 is 2.11 bits per heavy atom. The highest BCUT2D eigenvalue weighted by atomic mass is 16.5. The van der Waals surface area contributed by atoms with Crippen molar-refractivity contribution in [1.29, 1.82) is 5.26 Å². The average molecular weight is 365 g/mol. The summed E-state index contributed by atoms with van der Waals surface area (Å²) < 4.78 is 7.08. The van der Waals surface area contributed by atoms with Gasteiger partial charge in [0, 0.05) is 23.3 Å². The first-order valence-corrected chi connectivity index (χ1v) is 8.42. The zero-order valence-electron chi connectivity index (χ0n) is 15.0. The van der Waals surface area contributed by atoms with Crippen molar-refractivity contribution < 1.29 is 14.6 Å². The monoisotopic (exact) mass is 365 g/mol. The number of fused-ring (bicyclic) bond motifs is 1. The first-order valence-electron chi connectivity index (χ1n) is 8.42. The summed E-state index contributed by atoms with van der Waals surface area (Å²) in [4.78, 5) is 24.6. The second kappa shape index (κ2) is 6.82. The molecule has 1 N–H and O–H groups in total. The van der Waals surface area contributed by atoms with E-state index in [1.54, 1.807) is 26.0 Å². The summed E-state index contributed by atoms with van der Waals surface area (Å²) in [5.41, 5.74) is -0.217. The van der Waals surface area contributed by atoms with Crippen molar-refractivity contribution in [3.63, 3.8) is 0 Å². The molecular formula is C20H19N3O4. The van der Waals surface area contributed by atoms with Gasteiger partial charge in [0.25, 0.3) is 5.56 Å². The summed E-state index contributed by atoms with van der Waals surface area (Å²) in [6, 6.07) is 9.42. The molecule has 1 aliphatic rings. The maximum atomic E-state index is 12.8. The maximum Gasteiger partial charge on any atom is 0.267 e. The molecule has 7 heteroatoms. The lowest BCUT2D eigenvalue weighted by molar-refractivity contribution is -0.0385. The minimum atomic E-state index is -1.16. The Hall–Kier alpha value is -3.24. The van der Waals surface area contributed by atoms with E-state index >= 15 is 0 Å². The standard InChI is InChI=1S/C20H19N3O4/c1-4-9-23-16(24)8-7-15(22-23)27-17-14-10-12(11-21)5-6-13(14)18(25)20(2,3)19(17)26/h4-8,10,17,19,26H,1,9H2,2-3H3/t17-,19+/m1/s1. The summed E-state index contributed by atoms with van der Waals surface area (Å²) in [5, 5.41) is 24.1. The van der Waals surface area contributed by atoms with E-state index in [4.69, 9.17) is 4.74 Å². The molecule has 0 spiro atoms. The van der Waals surface area contributed by atoms with Crippen LogP contribution in [0.25, 0.3) is 0 Å². The smallest absolute Gasteiger partial charge is 0.267 e. The number of carbonyl (C=O) groups is 1. The highest BCUT2D eigenvalue weighted by Gasteiger charge is 2.48. The van der Waals surface area contributed by atoms with Crippen LogP contribution in [0.4, 0.5) is 0 Å². The highest BCUT2D eigenvalue weighted by Crippen LogP contribution is 2.43. The predicted molar refractivity (Wildman–Crippen MR) is 97.3 cm³/mol. The first-order chi connectivity index (χ1) is 12.8. The number of nitrogens with zero attached hydrogens (tertiary/aromatic N) is 3. The van der Waals surface area contributed by atoms with Crippen LogP contribution < -0.4 is 10.3 Å². The molecule has 1 aromatic heterocycles. The van der Waals surface area contributed by atoms with Crippen molar-refractivity contribution in [2.75, 3.05) is 0 Å². The normalized spacial score (nSPS) is 20.4. The number of aromatic nitrogens is 2. The fourth-order valence-corrected chi connectivity index (χ4v) is 3.11. The third-order valence-corrected chi connectivity index (χ3v) is 4.74. The topological polar surface area (TPSA) is 105 Å². The minimum absolute atomic E-state index is 0.124. The summed E-state index contributed by atoms with van der Waals surface area (Å²) in [6.45, 7) is 7.08. The van der Waals surface area contributed by atoms with Crippen LogP contribution in [0.2, 0.25) is 0 Å². The van der Waals surface area contributed by atoms with Crippen LogP contribution in [0.5, 0.6) is 5.88 Å². The van der Waals surface area contributed by atoms with E-state index in [2.05, 4.69) is 11.7 Å². The van der Waals surface area contributed by atoms with Crippen molar-refractivity contribution in [3.05, 3.63) is 70.0 Å². The van der Waals surface area contributed by atoms with Crippen LogP contribution in [0, 0.1) is 16.7 Å². The number of allylic oxidation sites excluding steroid dienone is 1. The van der Waals surface area contributed by atoms with Gasteiger partial charge in [0.1, 0.15) is 6.10 Å². The molecule has 2 aromatic rings. The van der Waals surface area contributed by atoms with Crippen LogP contribution in [-0.2, 0) is 6.54 Å². The number of hydrogen-bond donors (Lipinski definition) is 1. The predicted octanol–water partition coefficient (Wildman–Crippen LogP) is 2.00. The molecule has 0 saturated heterocycles. The van der Waals surface area contributed by atoms with Gasteiger partial charge in [0.15, 0.2) is 11.9 Å². The maximum absolute atomic E-state index is 12.8. The lowest BCUT2D eigenvalue weighted by Gasteiger charge is -2.40. The summed E-state index contributed by atoms with van der Waals surface area (Å²) in [5.74, 6) is -0.0992. The third-order valence-electron chi connectivity index (χ3n) is 4.74. The van der Waals surface area contributed by atoms with Gasteiger partial charge in [0.2, 0.25) is 5.88 Å². The average Bonchev–Trinajstić information content (AvgIpc) is 2.66. The molecule has 1 heterocycles. The zero-order valence-corrected chi connectivity index (χ0v) is 15.0. The number of nitriles is 1. The van der Waals surface area contributed by atoms with Crippen LogP contribution >= 0.6 is 0 Å². The molecule has 0 fully saturated rings. The van der Waals surface area contributed by atoms with Gasteiger partial charge >= 0.3 is 0 Å². The van der Waals surface area contributed by atoms with Crippen molar-refractivity contribution >= 4 is 5.78 Å². The lowest BCUT2D eigenvalue weighted by Crippen LogP contribution is -2.47. The highest BCUT2D eigenvalue weighted by molar-refractivity contribution is 6.03. The Morgan fingerprint density at radius 3 is 2.78 bits per heavy atom. The number of carbonyl (C=O) groups excluding carboxylic acids is 1. The number of rotatable bonds is 4. The molecule has 138 valence electrons. The molecule has 1 aromatic carbocycles. The van der Waals surface area contributed by atoms with Gasteiger partial charge in [-0.25, -0.2) is 4.68 Å². The molecule has 3 rings (SSSR count). The zero-order chi connectivity index (χ0) is 19.8. The van der Waals surface area contributed by atoms with E-state index < -0.39 is 17.6 Å². The number of Topliss-reactive ketones (excluding diaryl/α,β-unsaturated/α-hetero) is 1. The van der Waals surface area contributed by atoms with Gasteiger partial charge < -0.3 is 9.84 Å². The molecule has 0 unspecified atom stereocenters. The molecule has 0 bridgehead atoms. The summed E-state index contributed by atoms with van der Waals surface area (Å²) in [7, 11) is 0. The molecule has 1 aliphatic carbocycles. The molecular weight excluding hydrogens is 346 g/mol. The number of aliphatic hydroxyl groups is 1. The van der Waals surface area contributed by atoms with Gasteiger partial charge in [0.05, 0.1) is 23.6 Å². The lowest BCUT2D eigenvalue weighted by atomic mass is 9.69. The largest absolute Gasteiger partial charge is 0.466 e. The number of hydrogen-bond acceptors (Lipinski definition) is 6.